The van der Waals surface area contributed by atoms with Gasteiger partial charge in [-0.25, -0.2) is 0 Å². The Morgan fingerprint density at radius 3 is 2.04 bits per heavy atom. The average molecular weight is 646 g/mol. The molecule has 0 aromatic rings. The van der Waals surface area contributed by atoms with Crippen molar-refractivity contribution in [2.24, 2.45) is 0 Å². The predicted molar refractivity (Wildman–Crippen MR) is 194 cm³/mol. The van der Waals surface area contributed by atoms with E-state index < -0.39 is 0 Å². The average Bonchev–Trinajstić information content (AvgIpc) is 3.05. The number of unbranched alkanes of at least 4 members (excludes halogenated alkanes) is 12. The van der Waals surface area contributed by atoms with Gasteiger partial charge in [-0.05, 0) is 104 Å². The summed E-state index contributed by atoms with van der Waals surface area (Å²) in [5.74, 6) is 5.70. The van der Waals surface area contributed by atoms with Gasteiger partial charge in [-0.1, -0.05) is 89.5 Å². The van der Waals surface area contributed by atoms with Crippen molar-refractivity contribution in [1.82, 2.24) is 4.90 Å². The molecular formula is C40H71NO5. The van der Waals surface area contributed by atoms with Gasteiger partial charge in [-0.3, -0.25) is 9.59 Å². The summed E-state index contributed by atoms with van der Waals surface area (Å²) in [6.45, 7) is 9.89. The number of hydrogen-bond donors (Lipinski definition) is 1. The number of esters is 2. The van der Waals surface area contributed by atoms with Crippen molar-refractivity contribution in [2.45, 2.75) is 175 Å². The van der Waals surface area contributed by atoms with E-state index >= 15 is 0 Å². The van der Waals surface area contributed by atoms with Gasteiger partial charge in [0.15, 0.2) is 0 Å². The van der Waals surface area contributed by atoms with Crippen molar-refractivity contribution in [3.05, 3.63) is 24.3 Å². The third kappa shape index (κ3) is 31.9. The maximum Gasteiger partial charge on any atom is 0.306 e. The predicted octanol–water partition coefficient (Wildman–Crippen LogP) is 9.88. The van der Waals surface area contributed by atoms with Crippen molar-refractivity contribution in [3.63, 3.8) is 0 Å². The van der Waals surface area contributed by atoms with Crippen molar-refractivity contribution in [3.8, 4) is 11.8 Å². The van der Waals surface area contributed by atoms with E-state index in [1.54, 1.807) is 0 Å². The molecule has 46 heavy (non-hydrogen) atoms. The molecule has 0 spiro atoms. The van der Waals surface area contributed by atoms with Gasteiger partial charge in [0.25, 0.3) is 0 Å². The Morgan fingerprint density at radius 1 is 0.717 bits per heavy atom. The molecule has 0 aromatic heterocycles. The molecule has 0 aliphatic heterocycles. The van der Waals surface area contributed by atoms with Crippen molar-refractivity contribution >= 4 is 11.9 Å². The van der Waals surface area contributed by atoms with Crippen molar-refractivity contribution < 1.29 is 24.2 Å². The summed E-state index contributed by atoms with van der Waals surface area (Å²) in [5, 5.41) is 9.19. The molecule has 266 valence electrons. The van der Waals surface area contributed by atoms with E-state index in [4.69, 9.17) is 9.47 Å². The molecule has 1 atom stereocenters. The highest BCUT2D eigenvalue weighted by molar-refractivity contribution is 5.69. The minimum Gasteiger partial charge on any atom is -0.466 e. The molecule has 6 nitrogen and oxygen atoms in total. The molecule has 6 heteroatoms. The van der Waals surface area contributed by atoms with Gasteiger partial charge in [0.2, 0.25) is 0 Å². The summed E-state index contributed by atoms with van der Waals surface area (Å²) < 4.78 is 11.3. The number of nitrogens with zero attached hydrogens (tertiary/aromatic N) is 1. The summed E-state index contributed by atoms with van der Waals surface area (Å²) in [6.07, 6.45) is 31.5. The number of rotatable bonds is 33. The van der Waals surface area contributed by atoms with Crippen LogP contribution in [-0.2, 0) is 19.1 Å². The lowest BCUT2D eigenvalue weighted by Crippen LogP contribution is -2.27. The summed E-state index contributed by atoms with van der Waals surface area (Å²) >= 11 is 0. The van der Waals surface area contributed by atoms with Crippen LogP contribution in [0, 0.1) is 11.8 Å². The lowest BCUT2D eigenvalue weighted by Gasteiger charge is -2.22. The first kappa shape index (κ1) is 43.9. The van der Waals surface area contributed by atoms with Crippen molar-refractivity contribution in [1.29, 1.82) is 0 Å². The van der Waals surface area contributed by atoms with Gasteiger partial charge in [0.05, 0.1) is 6.61 Å². The summed E-state index contributed by atoms with van der Waals surface area (Å²) in [4.78, 5) is 27.1. The number of allylic oxidation sites excluding steroid dienone is 4. The fourth-order valence-electron chi connectivity index (χ4n) is 5.40. The molecule has 0 saturated carbocycles. The van der Waals surface area contributed by atoms with E-state index in [0.29, 0.717) is 19.4 Å². The smallest absolute Gasteiger partial charge is 0.306 e. The van der Waals surface area contributed by atoms with Gasteiger partial charge in [-0.15, -0.1) is 11.8 Å². The molecule has 0 bridgehead atoms. The molecule has 0 radical (unpaired) electrons. The Labute approximate surface area is 284 Å². The first-order valence-corrected chi connectivity index (χ1v) is 19.0. The Morgan fingerprint density at radius 2 is 1.33 bits per heavy atom. The Hall–Kier alpha value is -2.10. The fourth-order valence-corrected chi connectivity index (χ4v) is 5.40. The monoisotopic (exact) mass is 646 g/mol. The number of carbonyl (C=O) groups is 2. The zero-order chi connectivity index (χ0) is 33.8. The Balaban J connectivity index is 4.27. The number of ether oxygens (including phenoxy) is 2. The third-order valence-electron chi connectivity index (χ3n) is 8.18. The van der Waals surface area contributed by atoms with E-state index in [1.807, 2.05) is 6.92 Å². The molecule has 0 aliphatic carbocycles. The van der Waals surface area contributed by atoms with E-state index in [0.717, 1.165) is 122 Å². The van der Waals surface area contributed by atoms with Gasteiger partial charge >= 0.3 is 11.9 Å². The van der Waals surface area contributed by atoms with Crippen LogP contribution in [0.25, 0.3) is 0 Å². The molecule has 0 heterocycles. The molecule has 0 saturated heterocycles. The number of carbonyl (C=O) groups excluding carboxylic acids is 2. The van der Waals surface area contributed by atoms with Crippen LogP contribution in [-0.4, -0.2) is 60.9 Å². The van der Waals surface area contributed by atoms with Crippen LogP contribution in [0.3, 0.4) is 0 Å². The van der Waals surface area contributed by atoms with Gasteiger partial charge in [-0.2, -0.15) is 0 Å². The van der Waals surface area contributed by atoms with E-state index in [-0.39, 0.29) is 24.6 Å². The maximum atomic E-state index is 12.7. The summed E-state index contributed by atoms with van der Waals surface area (Å²) in [7, 11) is 0. The Bertz CT molecular complexity index is 812. The normalized spacial score (nSPS) is 12.1. The second-order valence-electron chi connectivity index (χ2n) is 12.5. The van der Waals surface area contributed by atoms with Crippen LogP contribution >= 0.6 is 0 Å². The van der Waals surface area contributed by atoms with Crippen LogP contribution in [0.4, 0.5) is 0 Å². The van der Waals surface area contributed by atoms with Crippen LogP contribution < -0.4 is 0 Å². The first-order chi connectivity index (χ1) is 22.6. The van der Waals surface area contributed by atoms with Gasteiger partial charge < -0.3 is 19.5 Å². The fraction of sp³-hybridized carbons (Fsp3) is 0.800. The summed E-state index contributed by atoms with van der Waals surface area (Å²) in [6, 6.07) is 0. The SMILES string of the molecule is CC#CCCCOC(=O)CCCCN(CCCCO)CCCCCCCC(=O)OC(CC/C=C/C=C/CC)CCCCCCCC. The highest BCUT2D eigenvalue weighted by atomic mass is 16.5. The number of hydrogen-bond acceptors (Lipinski definition) is 6. The van der Waals surface area contributed by atoms with Crippen LogP contribution in [0.5, 0.6) is 0 Å². The van der Waals surface area contributed by atoms with E-state index in [1.165, 1.54) is 32.1 Å². The highest BCUT2D eigenvalue weighted by Crippen LogP contribution is 2.17. The molecule has 1 N–H and O–H groups in total. The largest absolute Gasteiger partial charge is 0.466 e. The van der Waals surface area contributed by atoms with Crippen LogP contribution in [0.1, 0.15) is 168 Å². The third-order valence-corrected chi connectivity index (χ3v) is 8.18. The number of aliphatic hydroxyl groups is 1. The molecule has 0 fully saturated rings. The highest BCUT2D eigenvalue weighted by Gasteiger charge is 2.14. The lowest BCUT2D eigenvalue weighted by atomic mass is 10.0. The molecule has 0 aliphatic rings. The van der Waals surface area contributed by atoms with Gasteiger partial charge in [0.1, 0.15) is 6.10 Å². The van der Waals surface area contributed by atoms with E-state index in [2.05, 4.69) is 54.9 Å². The maximum absolute atomic E-state index is 12.7. The topological polar surface area (TPSA) is 76.1 Å². The lowest BCUT2D eigenvalue weighted by molar-refractivity contribution is -0.150. The molecular weight excluding hydrogens is 574 g/mol. The molecule has 0 amide bonds. The number of aliphatic hydroxyl groups excluding tert-OH is 1. The first-order valence-electron chi connectivity index (χ1n) is 19.0. The Kier molecular flexibility index (Phi) is 34.1. The van der Waals surface area contributed by atoms with Gasteiger partial charge in [0, 0.05) is 25.9 Å². The minimum absolute atomic E-state index is 0.0319. The minimum atomic E-state index is -0.110. The zero-order valence-electron chi connectivity index (χ0n) is 30.2. The van der Waals surface area contributed by atoms with Crippen molar-refractivity contribution in [2.75, 3.05) is 32.8 Å². The zero-order valence-corrected chi connectivity index (χ0v) is 30.2. The van der Waals surface area contributed by atoms with Crippen LogP contribution in [0.15, 0.2) is 24.3 Å². The molecule has 0 rings (SSSR count). The summed E-state index contributed by atoms with van der Waals surface area (Å²) in [5.41, 5.74) is 0. The van der Waals surface area contributed by atoms with Crippen LogP contribution in [0.2, 0.25) is 0 Å². The molecule has 0 aromatic carbocycles. The second kappa shape index (κ2) is 35.7. The second-order valence-corrected chi connectivity index (χ2v) is 12.5. The quantitative estimate of drug-likeness (QED) is 0.0331. The van der Waals surface area contributed by atoms with E-state index in [9.17, 15) is 14.7 Å². The standard InChI is InChI=1S/C40H71NO5/c1-4-7-10-13-16-20-29-38(30-21-17-14-11-8-5-2)46-40(44)32-22-18-15-19-24-33-41(35-26-27-36-42)34-25-23-31-39(43)45-37-28-12-9-6-3/h7,10,13,16,38,42H,4-5,8,11-12,14-15,17-37H2,1-3H3/b10-7+,16-13+. The molecule has 1 unspecified atom stereocenters.